The molecule has 0 heterocycles. The van der Waals surface area contributed by atoms with Gasteiger partial charge in [-0.1, -0.05) is 30.3 Å². The number of aliphatic hydroxyl groups excluding tert-OH is 1. The van der Waals surface area contributed by atoms with Gasteiger partial charge >= 0.3 is 0 Å². The second-order valence-electron chi connectivity index (χ2n) is 3.68. The Kier molecular flexibility index (Phi) is 5.76. The van der Waals surface area contributed by atoms with E-state index in [9.17, 15) is 5.11 Å². The minimum atomic E-state index is -0.293. The highest BCUT2D eigenvalue weighted by atomic mass is 32.2. The molecular formula is C12H19NOS. The summed E-state index contributed by atoms with van der Waals surface area (Å²) in [6, 6.07) is 10.7. The number of aliphatic hydroxyl groups is 1. The van der Waals surface area contributed by atoms with Crippen LogP contribution in [0.4, 0.5) is 0 Å². The van der Waals surface area contributed by atoms with Gasteiger partial charge < -0.3 is 10.4 Å². The summed E-state index contributed by atoms with van der Waals surface area (Å²) in [6.45, 7) is 2.44. The Morgan fingerprint density at radius 2 is 2.00 bits per heavy atom. The number of rotatable bonds is 6. The second kappa shape index (κ2) is 6.88. The van der Waals surface area contributed by atoms with Crippen molar-refractivity contribution in [1.29, 1.82) is 0 Å². The van der Waals surface area contributed by atoms with Crippen molar-refractivity contribution in [2.75, 3.05) is 18.6 Å². The Balaban J connectivity index is 2.57. The first-order valence-electron chi connectivity index (χ1n) is 5.19. The summed E-state index contributed by atoms with van der Waals surface area (Å²) in [5.41, 5.74) is 1.28. The van der Waals surface area contributed by atoms with E-state index in [4.69, 9.17) is 0 Å². The fraction of sp³-hybridized carbons (Fsp3) is 0.500. The van der Waals surface area contributed by atoms with Crippen LogP contribution < -0.4 is 5.32 Å². The van der Waals surface area contributed by atoms with Gasteiger partial charge in [0.1, 0.15) is 0 Å². The summed E-state index contributed by atoms with van der Waals surface area (Å²) >= 11 is 1.81. The van der Waals surface area contributed by atoms with Crippen molar-refractivity contribution in [2.45, 2.75) is 19.1 Å². The van der Waals surface area contributed by atoms with Crippen molar-refractivity contribution in [2.24, 2.45) is 0 Å². The van der Waals surface area contributed by atoms with Crippen LogP contribution in [0.5, 0.6) is 0 Å². The molecule has 0 radical (unpaired) electrons. The summed E-state index contributed by atoms with van der Waals surface area (Å²) in [5, 5.41) is 12.6. The lowest BCUT2D eigenvalue weighted by Gasteiger charge is -2.19. The summed E-state index contributed by atoms with van der Waals surface area (Å²) in [6.07, 6.45) is 1.80. The molecule has 15 heavy (non-hydrogen) atoms. The Bertz CT molecular complexity index is 264. The van der Waals surface area contributed by atoms with Gasteiger partial charge in [0, 0.05) is 18.3 Å². The first-order valence-corrected chi connectivity index (χ1v) is 6.58. The van der Waals surface area contributed by atoms with Gasteiger partial charge in [0.2, 0.25) is 0 Å². The number of benzene rings is 1. The molecule has 0 fully saturated rings. The molecule has 0 saturated heterocycles. The average Bonchev–Trinajstić information content (AvgIpc) is 2.25. The molecule has 0 aliphatic carbocycles. The third-order valence-electron chi connectivity index (χ3n) is 2.19. The smallest absolute Gasteiger partial charge is 0.0636 e. The fourth-order valence-corrected chi connectivity index (χ4v) is 2.08. The zero-order chi connectivity index (χ0) is 11.1. The predicted octanol–water partition coefficient (Wildman–Crippen LogP) is 2.06. The standard InChI is InChI=1S/C12H19NOS/c1-10(14)8-13-12(9-15-2)11-6-4-3-5-7-11/h3-7,10,12-14H,8-9H2,1-2H3. The van der Waals surface area contributed by atoms with Gasteiger partial charge in [0.15, 0.2) is 0 Å². The maximum absolute atomic E-state index is 9.25. The molecular weight excluding hydrogens is 206 g/mol. The van der Waals surface area contributed by atoms with Gasteiger partial charge in [-0.25, -0.2) is 0 Å². The quantitative estimate of drug-likeness (QED) is 0.777. The van der Waals surface area contributed by atoms with E-state index < -0.39 is 0 Å². The maximum Gasteiger partial charge on any atom is 0.0636 e. The highest BCUT2D eigenvalue weighted by Crippen LogP contribution is 2.16. The maximum atomic E-state index is 9.25. The van der Waals surface area contributed by atoms with E-state index in [2.05, 4.69) is 23.7 Å². The van der Waals surface area contributed by atoms with Gasteiger partial charge in [-0.3, -0.25) is 0 Å². The predicted molar refractivity (Wildman–Crippen MR) is 67.2 cm³/mol. The second-order valence-corrected chi connectivity index (χ2v) is 4.59. The van der Waals surface area contributed by atoms with E-state index in [0.29, 0.717) is 12.6 Å². The molecule has 0 amide bonds. The Morgan fingerprint density at radius 1 is 1.33 bits per heavy atom. The minimum Gasteiger partial charge on any atom is -0.392 e. The lowest BCUT2D eigenvalue weighted by molar-refractivity contribution is 0.187. The monoisotopic (exact) mass is 225 g/mol. The summed E-state index contributed by atoms with van der Waals surface area (Å²) < 4.78 is 0. The third kappa shape index (κ3) is 4.69. The van der Waals surface area contributed by atoms with Crippen LogP contribution in [0.25, 0.3) is 0 Å². The van der Waals surface area contributed by atoms with Crippen LogP contribution in [0, 0.1) is 0 Å². The molecule has 84 valence electrons. The van der Waals surface area contributed by atoms with E-state index >= 15 is 0 Å². The zero-order valence-corrected chi connectivity index (χ0v) is 10.1. The molecule has 0 spiro atoms. The van der Waals surface area contributed by atoms with Crippen LogP contribution in [-0.4, -0.2) is 29.8 Å². The molecule has 0 aliphatic heterocycles. The van der Waals surface area contributed by atoms with Crippen LogP contribution in [0.15, 0.2) is 30.3 Å². The number of thioether (sulfide) groups is 1. The Labute approximate surface area is 96.1 Å². The molecule has 2 atom stereocenters. The first kappa shape index (κ1) is 12.6. The molecule has 2 unspecified atom stereocenters. The van der Waals surface area contributed by atoms with Gasteiger partial charge in [-0.15, -0.1) is 0 Å². The number of hydrogen-bond acceptors (Lipinski definition) is 3. The average molecular weight is 225 g/mol. The molecule has 0 aliphatic rings. The lowest BCUT2D eigenvalue weighted by Crippen LogP contribution is -2.30. The van der Waals surface area contributed by atoms with E-state index in [1.54, 1.807) is 6.92 Å². The van der Waals surface area contributed by atoms with Gasteiger partial charge in [0.05, 0.1) is 6.10 Å². The minimum absolute atomic E-state index is 0.293. The van der Waals surface area contributed by atoms with Crippen molar-refractivity contribution in [3.8, 4) is 0 Å². The SMILES string of the molecule is CSCC(NCC(C)O)c1ccccc1. The molecule has 2 nitrogen and oxygen atoms in total. The summed E-state index contributed by atoms with van der Waals surface area (Å²) in [4.78, 5) is 0. The molecule has 1 aromatic rings. The van der Waals surface area contributed by atoms with Crippen molar-refractivity contribution in [3.05, 3.63) is 35.9 Å². The van der Waals surface area contributed by atoms with Crippen LogP contribution in [0.1, 0.15) is 18.5 Å². The molecule has 1 aromatic carbocycles. The lowest BCUT2D eigenvalue weighted by atomic mass is 10.1. The highest BCUT2D eigenvalue weighted by molar-refractivity contribution is 7.98. The first-order chi connectivity index (χ1) is 7.24. The van der Waals surface area contributed by atoms with Crippen LogP contribution in [0.2, 0.25) is 0 Å². The van der Waals surface area contributed by atoms with E-state index in [-0.39, 0.29) is 6.10 Å². The fourth-order valence-electron chi connectivity index (χ4n) is 1.44. The molecule has 0 aromatic heterocycles. The van der Waals surface area contributed by atoms with E-state index in [1.807, 2.05) is 30.0 Å². The number of hydrogen-bond donors (Lipinski definition) is 2. The molecule has 0 bridgehead atoms. The Hall–Kier alpha value is -0.510. The van der Waals surface area contributed by atoms with Crippen LogP contribution in [-0.2, 0) is 0 Å². The highest BCUT2D eigenvalue weighted by Gasteiger charge is 2.10. The molecule has 2 N–H and O–H groups in total. The third-order valence-corrected chi connectivity index (χ3v) is 2.86. The van der Waals surface area contributed by atoms with Gasteiger partial charge in [-0.2, -0.15) is 11.8 Å². The van der Waals surface area contributed by atoms with Gasteiger partial charge in [0.25, 0.3) is 0 Å². The van der Waals surface area contributed by atoms with Gasteiger partial charge in [-0.05, 0) is 18.7 Å². The van der Waals surface area contributed by atoms with Crippen molar-refractivity contribution >= 4 is 11.8 Å². The number of nitrogens with one attached hydrogen (secondary N) is 1. The largest absolute Gasteiger partial charge is 0.392 e. The van der Waals surface area contributed by atoms with Crippen molar-refractivity contribution in [1.82, 2.24) is 5.32 Å². The Morgan fingerprint density at radius 3 is 2.53 bits per heavy atom. The molecule has 1 rings (SSSR count). The summed E-state index contributed by atoms with van der Waals surface area (Å²) in [7, 11) is 0. The summed E-state index contributed by atoms with van der Waals surface area (Å²) in [5.74, 6) is 1.02. The van der Waals surface area contributed by atoms with Crippen LogP contribution in [0.3, 0.4) is 0 Å². The molecule has 3 heteroatoms. The normalized spacial score (nSPS) is 14.9. The molecule has 0 saturated carbocycles. The van der Waals surface area contributed by atoms with Crippen LogP contribution >= 0.6 is 11.8 Å². The van der Waals surface area contributed by atoms with E-state index in [0.717, 1.165) is 5.75 Å². The van der Waals surface area contributed by atoms with Crippen molar-refractivity contribution < 1.29 is 5.11 Å². The van der Waals surface area contributed by atoms with Crippen molar-refractivity contribution in [3.63, 3.8) is 0 Å². The van der Waals surface area contributed by atoms with E-state index in [1.165, 1.54) is 5.56 Å². The zero-order valence-electron chi connectivity index (χ0n) is 9.31. The topological polar surface area (TPSA) is 32.3 Å².